The molecule has 4 N–H and O–H groups in total. The van der Waals surface area contributed by atoms with Gasteiger partial charge in [0.05, 0.1) is 30.5 Å². The Morgan fingerprint density at radius 1 is 1.23 bits per heavy atom. The van der Waals surface area contributed by atoms with E-state index in [-0.39, 0.29) is 43.6 Å². The van der Waals surface area contributed by atoms with Crippen LogP contribution in [0.1, 0.15) is 56.1 Å². The first kappa shape index (κ1) is 32.3. The third-order valence-corrected chi connectivity index (χ3v) is 6.64. The molecule has 1 fully saturated rings. The normalized spacial score (nSPS) is 22.4. The molecule has 0 unspecified atom stereocenters. The van der Waals surface area contributed by atoms with Gasteiger partial charge in [0.2, 0.25) is 5.91 Å². The highest BCUT2D eigenvalue weighted by atomic mass is 19.4. The van der Waals surface area contributed by atoms with Crippen molar-refractivity contribution in [1.82, 2.24) is 5.32 Å². The summed E-state index contributed by atoms with van der Waals surface area (Å²) in [6.07, 6.45) is 3.23. The van der Waals surface area contributed by atoms with Gasteiger partial charge >= 0.3 is 6.18 Å². The SMILES string of the molecule is O=C(CCCC=CC[C@@H]1[C@@H](C=C[C@@H](O)CCc2cccc(C(F)(F)F)c2)[C@H](O)C[C@@H]1O)NCCCO[N+](=O)[O-]. The number of aryl methyl sites for hydroxylation is 1. The molecule has 0 aromatic heterocycles. The second kappa shape index (κ2) is 16.2. The van der Waals surface area contributed by atoms with E-state index in [9.17, 15) is 43.4 Å². The zero-order valence-electron chi connectivity index (χ0n) is 21.6. The topological polar surface area (TPSA) is 142 Å². The zero-order valence-corrected chi connectivity index (χ0v) is 21.6. The Morgan fingerprint density at radius 3 is 2.72 bits per heavy atom. The fourth-order valence-electron chi connectivity index (χ4n) is 4.56. The van der Waals surface area contributed by atoms with E-state index in [2.05, 4.69) is 10.2 Å². The van der Waals surface area contributed by atoms with Gasteiger partial charge in [-0.1, -0.05) is 42.5 Å². The summed E-state index contributed by atoms with van der Waals surface area (Å²) in [6.45, 7) is 0.214. The molecule has 1 aromatic rings. The summed E-state index contributed by atoms with van der Waals surface area (Å²) in [4.78, 5) is 26.0. The second-order valence-electron chi connectivity index (χ2n) is 9.66. The van der Waals surface area contributed by atoms with Gasteiger partial charge in [-0.05, 0) is 56.1 Å². The maximum atomic E-state index is 12.9. The molecule has 1 aromatic carbocycles. The van der Waals surface area contributed by atoms with Crippen LogP contribution in [0.15, 0.2) is 48.6 Å². The number of unbranched alkanes of at least 4 members (excludes halogenated alkanes) is 1. The Bertz CT molecular complexity index is 971. The minimum absolute atomic E-state index is 0.0767. The molecule has 12 heteroatoms. The van der Waals surface area contributed by atoms with Crippen molar-refractivity contribution < 1.29 is 43.2 Å². The van der Waals surface area contributed by atoms with Crippen molar-refractivity contribution >= 4 is 5.91 Å². The first-order chi connectivity index (χ1) is 18.5. The molecule has 0 radical (unpaired) electrons. The lowest BCUT2D eigenvalue weighted by atomic mass is 9.89. The van der Waals surface area contributed by atoms with E-state index < -0.39 is 35.1 Å². The highest BCUT2D eigenvalue weighted by molar-refractivity contribution is 5.75. The summed E-state index contributed by atoms with van der Waals surface area (Å²) < 4.78 is 38.6. The number of alkyl halides is 3. The van der Waals surface area contributed by atoms with E-state index in [0.717, 1.165) is 12.1 Å². The van der Waals surface area contributed by atoms with E-state index in [1.165, 1.54) is 12.1 Å². The van der Waals surface area contributed by atoms with Crippen molar-refractivity contribution in [2.24, 2.45) is 11.8 Å². The molecule has 39 heavy (non-hydrogen) atoms. The standard InChI is InChI=1S/C27H37F3N2O7/c28-27(29,30)20-8-5-7-19(17-20)11-12-21(33)13-14-23-22(24(34)18-25(23)35)9-3-1-2-4-10-26(36)31-15-6-16-39-32(37)38/h1,3,5,7-8,13-14,17,21-25,33-35H,2,4,6,9-12,15-16,18H2,(H,31,36)/t21-,22+,23+,24-,25+/m0/s1. The lowest BCUT2D eigenvalue weighted by Gasteiger charge is -2.19. The van der Waals surface area contributed by atoms with E-state index in [1.54, 1.807) is 12.1 Å². The van der Waals surface area contributed by atoms with Crippen LogP contribution in [0.3, 0.4) is 0 Å². The summed E-state index contributed by atoms with van der Waals surface area (Å²) in [7, 11) is 0. The van der Waals surface area contributed by atoms with Gasteiger partial charge in [0.1, 0.15) is 0 Å². The number of aliphatic hydroxyl groups is 3. The average molecular weight is 559 g/mol. The molecule has 0 spiro atoms. The van der Waals surface area contributed by atoms with Crippen LogP contribution in [0.2, 0.25) is 0 Å². The summed E-state index contributed by atoms with van der Waals surface area (Å²) in [6, 6.07) is 4.99. The van der Waals surface area contributed by atoms with Crippen LogP contribution in [0.25, 0.3) is 0 Å². The lowest BCUT2D eigenvalue weighted by Crippen LogP contribution is -2.25. The Kier molecular flexibility index (Phi) is 13.4. The molecule has 1 amide bonds. The van der Waals surface area contributed by atoms with Gasteiger partial charge in [0, 0.05) is 25.3 Å². The second-order valence-corrected chi connectivity index (χ2v) is 9.66. The van der Waals surface area contributed by atoms with Crippen LogP contribution >= 0.6 is 0 Å². The van der Waals surface area contributed by atoms with Crippen LogP contribution in [0.5, 0.6) is 0 Å². The average Bonchev–Trinajstić information content (AvgIpc) is 3.14. The number of halogens is 3. The number of amides is 1. The van der Waals surface area contributed by atoms with Crippen molar-refractivity contribution in [3.05, 3.63) is 69.8 Å². The van der Waals surface area contributed by atoms with Crippen LogP contribution < -0.4 is 5.32 Å². The number of rotatable bonds is 16. The Morgan fingerprint density at radius 2 is 2.00 bits per heavy atom. The third-order valence-electron chi connectivity index (χ3n) is 6.64. The molecule has 0 saturated heterocycles. The van der Waals surface area contributed by atoms with Gasteiger partial charge in [-0.15, -0.1) is 10.1 Å². The maximum absolute atomic E-state index is 12.9. The number of allylic oxidation sites excluding steroid dienone is 2. The largest absolute Gasteiger partial charge is 0.416 e. The Labute approximate surface area is 225 Å². The van der Waals surface area contributed by atoms with Crippen molar-refractivity contribution in [1.29, 1.82) is 0 Å². The Balaban J connectivity index is 1.73. The summed E-state index contributed by atoms with van der Waals surface area (Å²) in [5, 5.41) is 42.9. The molecule has 1 aliphatic carbocycles. The number of carbonyl (C=O) groups is 1. The number of carbonyl (C=O) groups excluding carboxylic acids is 1. The van der Waals surface area contributed by atoms with Gasteiger partial charge in [-0.2, -0.15) is 13.2 Å². The van der Waals surface area contributed by atoms with Gasteiger partial charge in [0.15, 0.2) is 0 Å². The molecule has 0 bridgehead atoms. The van der Waals surface area contributed by atoms with Gasteiger partial charge in [0.25, 0.3) is 5.09 Å². The van der Waals surface area contributed by atoms with Crippen molar-refractivity contribution in [3.63, 3.8) is 0 Å². The molecule has 1 aliphatic rings. The summed E-state index contributed by atoms with van der Waals surface area (Å²) in [5.74, 6) is -0.790. The molecule has 1 saturated carbocycles. The highest BCUT2D eigenvalue weighted by Gasteiger charge is 2.39. The van der Waals surface area contributed by atoms with Crippen molar-refractivity contribution in [2.75, 3.05) is 13.2 Å². The molecule has 218 valence electrons. The van der Waals surface area contributed by atoms with E-state index in [1.807, 2.05) is 12.2 Å². The number of benzene rings is 1. The highest BCUT2D eigenvalue weighted by Crippen LogP contribution is 2.36. The first-order valence-electron chi connectivity index (χ1n) is 13.0. The molecular weight excluding hydrogens is 521 g/mol. The third kappa shape index (κ3) is 12.2. The van der Waals surface area contributed by atoms with E-state index >= 15 is 0 Å². The summed E-state index contributed by atoms with van der Waals surface area (Å²) in [5.41, 5.74) is -0.262. The predicted molar refractivity (Wildman–Crippen MR) is 137 cm³/mol. The van der Waals surface area contributed by atoms with E-state index in [0.29, 0.717) is 44.2 Å². The Hall–Kier alpha value is -2.96. The fraction of sp³-hybridized carbons (Fsp3) is 0.593. The zero-order chi connectivity index (χ0) is 28.8. The van der Waals surface area contributed by atoms with Crippen molar-refractivity contribution in [2.45, 2.75) is 75.9 Å². The first-order valence-corrected chi connectivity index (χ1v) is 13.0. The number of hydrogen-bond donors (Lipinski definition) is 4. The lowest BCUT2D eigenvalue weighted by molar-refractivity contribution is -0.757. The van der Waals surface area contributed by atoms with Crippen LogP contribution in [-0.4, -0.2) is 57.8 Å². The fourth-order valence-corrected chi connectivity index (χ4v) is 4.56. The van der Waals surface area contributed by atoms with Gasteiger partial charge in [-0.25, -0.2) is 0 Å². The van der Waals surface area contributed by atoms with Gasteiger partial charge in [-0.3, -0.25) is 4.79 Å². The predicted octanol–water partition coefficient (Wildman–Crippen LogP) is 3.74. The van der Waals surface area contributed by atoms with Crippen molar-refractivity contribution in [3.8, 4) is 0 Å². The molecule has 0 heterocycles. The van der Waals surface area contributed by atoms with Gasteiger partial charge < -0.3 is 25.5 Å². The van der Waals surface area contributed by atoms with E-state index in [4.69, 9.17) is 0 Å². The number of aliphatic hydroxyl groups excluding tert-OH is 3. The minimum atomic E-state index is -4.43. The van der Waals surface area contributed by atoms with Crippen LogP contribution in [-0.2, 0) is 22.2 Å². The molecule has 2 rings (SSSR count). The molecular formula is C27H37F3N2O7. The maximum Gasteiger partial charge on any atom is 0.416 e. The smallest absolute Gasteiger partial charge is 0.393 e. The number of hydrogen-bond acceptors (Lipinski definition) is 7. The number of nitrogens with one attached hydrogen (secondary N) is 1. The molecule has 9 nitrogen and oxygen atoms in total. The quantitative estimate of drug-likeness (QED) is 0.105. The molecule has 5 atom stereocenters. The summed E-state index contributed by atoms with van der Waals surface area (Å²) >= 11 is 0. The molecule has 0 aliphatic heterocycles. The number of nitrogens with zero attached hydrogens (tertiary/aromatic N) is 1. The van der Waals surface area contributed by atoms with Crippen LogP contribution in [0, 0.1) is 22.0 Å². The minimum Gasteiger partial charge on any atom is -0.393 e. The van der Waals surface area contributed by atoms with Crippen LogP contribution in [0.4, 0.5) is 13.2 Å². The monoisotopic (exact) mass is 558 g/mol.